The molecule has 0 aliphatic heterocycles. The summed E-state index contributed by atoms with van der Waals surface area (Å²) in [7, 11) is 1.47. The summed E-state index contributed by atoms with van der Waals surface area (Å²) >= 11 is 0. The lowest BCUT2D eigenvalue weighted by Crippen LogP contribution is -2.04. The first-order valence-electron chi connectivity index (χ1n) is 4.87. The Hall–Kier alpha value is -2.79. The number of benzene rings is 1. The van der Waals surface area contributed by atoms with Crippen molar-refractivity contribution < 1.29 is 13.9 Å². The minimum Gasteiger partial charge on any atom is -0.497 e. The zero-order valence-corrected chi connectivity index (χ0v) is 9.28. The van der Waals surface area contributed by atoms with E-state index < -0.39 is 11.5 Å². The van der Waals surface area contributed by atoms with Crippen LogP contribution in [0.2, 0.25) is 0 Å². The van der Waals surface area contributed by atoms with Crippen LogP contribution >= 0.6 is 0 Å². The number of rotatable bonds is 2. The van der Waals surface area contributed by atoms with E-state index in [1.54, 1.807) is 12.1 Å². The van der Waals surface area contributed by atoms with Gasteiger partial charge in [-0.15, -0.1) is 0 Å². The van der Waals surface area contributed by atoms with Crippen molar-refractivity contribution in [2.45, 2.75) is 0 Å². The number of methoxy groups -OCH3 is 1. The predicted molar refractivity (Wildman–Crippen MR) is 62.5 cm³/mol. The lowest BCUT2D eigenvalue weighted by molar-refractivity contribution is 0.100. The molecule has 0 radical (unpaired) electrons. The molecule has 0 fully saturated rings. The second-order valence-electron chi connectivity index (χ2n) is 3.34. The van der Waals surface area contributed by atoms with Gasteiger partial charge in [-0.25, -0.2) is 4.79 Å². The number of ether oxygens (including phenoxy) is 1. The van der Waals surface area contributed by atoms with Crippen molar-refractivity contribution in [1.82, 2.24) is 0 Å². The van der Waals surface area contributed by atoms with Crippen molar-refractivity contribution in [3.8, 4) is 5.75 Å². The first kappa shape index (κ1) is 11.7. The Balaban J connectivity index is 2.77. The van der Waals surface area contributed by atoms with Crippen LogP contribution in [0.1, 0.15) is 10.4 Å². The Bertz CT molecular complexity index is 729. The van der Waals surface area contributed by atoms with Crippen molar-refractivity contribution >= 4 is 16.9 Å². The summed E-state index contributed by atoms with van der Waals surface area (Å²) in [6.45, 7) is 0. The monoisotopic (exact) mass is 245 g/mol. The number of carbonyl (C=O) groups is 1. The van der Waals surface area contributed by atoms with E-state index in [2.05, 4.69) is 10.0 Å². The van der Waals surface area contributed by atoms with Crippen molar-refractivity contribution in [3.63, 3.8) is 0 Å². The lowest BCUT2D eigenvalue weighted by Gasteiger charge is -2.03. The SMILES string of the molecule is COc1ccc2c(C(=O)N=[N+]=[N-])cc(=O)oc2c1. The normalized spacial score (nSPS) is 9.83. The molecule has 0 saturated carbocycles. The minimum absolute atomic E-state index is 0.00158. The molecule has 7 nitrogen and oxygen atoms in total. The average Bonchev–Trinajstić information content (AvgIpc) is 2.37. The van der Waals surface area contributed by atoms with Crippen LogP contribution in [-0.4, -0.2) is 13.0 Å². The topological polar surface area (TPSA) is 105 Å². The highest BCUT2D eigenvalue weighted by molar-refractivity contribution is 6.06. The fourth-order valence-corrected chi connectivity index (χ4v) is 1.54. The van der Waals surface area contributed by atoms with Crippen molar-refractivity contribution in [2.75, 3.05) is 7.11 Å². The third kappa shape index (κ3) is 2.02. The molecule has 1 heterocycles. The van der Waals surface area contributed by atoms with Gasteiger partial charge in [0, 0.05) is 28.0 Å². The molecule has 0 atom stereocenters. The van der Waals surface area contributed by atoms with Crippen LogP contribution in [0.4, 0.5) is 0 Å². The third-order valence-electron chi connectivity index (χ3n) is 2.32. The summed E-state index contributed by atoms with van der Waals surface area (Å²) in [5.74, 6) is -0.348. The minimum atomic E-state index is -0.833. The van der Waals surface area contributed by atoms with Gasteiger partial charge < -0.3 is 9.15 Å². The zero-order chi connectivity index (χ0) is 13.1. The van der Waals surface area contributed by atoms with Crippen LogP contribution in [0.3, 0.4) is 0 Å². The van der Waals surface area contributed by atoms with E-state index in [0.717, 1.165) is 6.07 Å². The summed E-state index contributed by atoms with van der Waals surface area (Å²) in [6.07, 6.45) is 0. The Labute approximate surface area is 100 Å². The molecule has 1 amide bonds. The molecule has 0 bridgehead atoms. The van der Waals surface area contributed by atoms with Crippen LogP contribution in [-0.2, 0) is 0 Å². The Morgan fingerprint density at radius 1 is 1.44 bits per heavy atom. The second kappa shape index (κ2) is 4.60. The van der Waals surface area contributed by atoms with E-state index in [-0.39, 0.29) is 11.1 Å². The van der Waals surface area contributed by atoms with Crippen LogP contribution in [0.25, 0.3) is 21.4 Å². The van der Waals surface area contributed by atoms with Gasteiger partial charge in [-0.3, -0.25) is 4.79 Å². The number of hydrogen-bond acceptors (Lipinski definition) is 4. The van der Waals surface area contributed by atoms with Crippen molar-refractivity contribution in [1.29, 1.82) is 0 Å². The standard InChI is InChI=1S/C11H7N3O4/c1-17-6-2-3-7-8(11(16)13-14-12)5-10(15)18-9(7)4-6/h2-5H,1H3. The van der Waals surface area contributed by atoms with Crippen molar-refractivity contribution in [2.24, 2.45) is 5.11 Å². The highest BCUT2D eigenvalue weighted by Gasteiger charge is 2.12. The number of azide groups is 1. The molecule has 1 aromatic heterocycles. The van der Waals surface area contributed by atoms with Gasteiger partial charge in [0.1, 0.15) is 11.3 Å². The van der Waals surface area contributed by atoms with E-state index in [4.69, 9.17) is 14.7 Å². The molecule has 7 heteroatoms. The van der Waals surface area contributed by atoms with Gasteiger partial charge in [0.05, 0.1) is 7.11 Å². The summed E-state index contributed by atoms with van der Waals surface area (Å²) < 4.78 is 9.93. The smallest absolute Gasteiger partial charge is 0.336 e. The number of hydrogen-bond donors (Lipinski definition) is 0. The average molecular weight is 245 g/mol. The second-order valence-corrected chi connectivity index (χ2v) is 3.34. The van der Waals surface area contributed by atoms with Gasteiger partial charge in [-0.05, 0) is 22.8 Å². The van der Waals surface area contributed by atoms with Gasteiger partial charge in [0.2, 0.25) is 5.91 Å². The highest BCUT2D eigenvalue weighted by atomic mass is 16.5. The van der Waals surface area contributed by atoms with E-state index >= 15 is 0 Å². The maximum atomic E-state index is 11.5. The molecule has 0 saturated heterocycles. The van der Waals surface area contributed by atoms with Gasteiger partial charge >= 0.3 is 5.63 Å². The Morgan fingerprint density at radius 3 is 2.89 bits per heavy atom. The molecule has 1 aromatic carbocycles. The third-order valence-corrected chi connectivity index (χ3v) is 2.32. The largest absolute Gasteiger partial charge is 0.497 e. The molecular formula is C11H7N3O4. The highest BCUT2D eigenvalue weighted by Crippen LogP contribution is 2.22. The van der Waals surface area contributed by atoms with E-state index in [1.807, 2.05) is 0 Å². The van der Waals surface area contributed by atoms with Gasteiger partial charge in [0.15, 0.2) is 0 Å². The fraction of sp³-hybridized carbons (Fsp3) is 0.0909. The summed E-state index contributed by atoms with van der Waals surface area (Å²) in [5.41, 5.74) is 7.73. The van der Waals surface area contributed by atoms with Gasteiger partial charge in [0.25, 0.3) is 0 Å². The quantitative estimate of drug-likeness (QED) is 0.350. The molecule has 18 heavy (non-hydrogen) atoms. The first-order chi connectivity index (χ1) is 8.65. The maximum Gasteiger partial charge on any atom is 0.336 e. The van der Waals surface area contributed by atoms with Gasteiger partial charge in [-0.1, -0.05) is 0 Å². The summed E-state index contributed by atoms with van der Waals surface area (Å²) in [5, 5.41) is 3.34. The van der Waals surface area contributed by atoms with Crippen LogP contribution in [0.15, 0.2) is 38.6 Å². The summed E-state index contributed by atoms with van der Waals surface area (Å²) in [6, 6.07) is 5.63. The van der Waals surface area contributed by atoms with Crippen LogP contribution in [0.5, 0.6) is 5.75 Å². The zero-order valence-electron chi connectivity index (χ0n) is 9.28. The van der Waals surface area contributed by atoms with E-state index in [1.165, 1.54) is 13.2 Å². The Kier molecular flexibility index (Phi) is 2.99. The van der Waals surface area contributed by atoms with Gasteiger partial charge in [-0.2, -0.15) is 0 Å². The fourth-order valence-electron chi connectivity index (χ4n) is 1.54. The van der Waals surface area contributed by atoms with Crippen molar-refractivity contribution in [3.05, 3.63) is 50.7 Å². The number of amides is 1. The number of carbonyl (C=O) groups excluding carboxylic acids is 1. The maximum absolute atomic E-state index is 11.5. The number of nitrogens with zero attached hydrogens (tertiary/aromatic N) is 3. The molecule has 0 N–H and O–H groups in total. The van der Waals surface area contributed by atoms with Crippen LogP contribution < -0.4 is 10.4 Å². The van der Waals surface area contributed by atoms with E-state index in [0.29, 0.717) is 11.1 Å². The predicted octanol–water partition coefficient (Wildman–Crippen LogP) is 2.25. The molecule has 90 valence electrons. The molecule has 0 aliphatic carbocycles. The molecular weight excluding hydrogens is 238 g/mol. The molecule has 0 spiro atoms. The van der Waals surface area contributed by atoms with E-state index in [9.17, 15) is 9.59 Å². The molecule has 0 aliphatic rings. The summed E-state index contributed by atoms with van der Waals surface area (Å²) in [4.78, 5) is 25.3. The van der Waals surface area contributed by atoms with Crippen LogP contribution in [0, 0.1) is 0 Å². The first-order valence-corrected chi connectivity index (χ1v) is 4.87. The lowest BCUT2D eigenvalue weighted by atomic mass is 10.1. The number of fused-ring (bicyclic) bond motifs is 1. The Morgan fingerprint density at radius 2 is 2.22 bits per heavy atom. The molecule has 2 aromatic rings. The molecule has 0 unspecified atom stereocenters. The molecule has 2 rings (SSSR count).